The number of nitrogens with zero attached hydrogens (tertiary/aromatic N) is 1. The van der Waals surface area contributed by atoms with Crippen molar-refractivity contribution in [1.29, 1.82) is 0 Å². The maximum atomic E-state index is 13.7. The van der Waals surface area contributed by atoms with Crippen LogP contribution in [0.4, 0.5) is 13.6 Å². The van der Waals surface area contributed by atoms with Gasteiger partial charge in [-0.1, -0.05) is 13.8 Å². The Kier molecular flexibility index (Phi) is 6.04. The third kappa shape index (κ3) is 4.80. The lowest BCUT2D eigenvalue weighted by atomic mass is 9.81. The molecule has 1 aliphatic heterocycles. The summed E-state index contributed by atoms with van der Waals surface area (Å²) < 4.78 is 37.7. The third-order valence-electron chi connectivity index (χ3n) is 7.11. The van der Waals surface area contributed by atoms with Gasteiger partial charge in [-0.3, -0.25) is 4.79 Å². The molecule has 3 aliphatic rings. The van der Waals surface area contributed by atoms with E-state index in [9.17, 15) is 23.2 Å². The molecular weight excluding hydrogens is 410 g/mol. The first-order valence-electron chi connectivity index (χ1n) is 10.9. The van der Waals surface area contributed by atoms with Crippen LogP contribution in [0.15, 0.2) is 0 Å². The van der Waals surface area contributed by atoms with E-state index in [0.717, 1.165) is 0 Å². The molecule has 1 saturated heterocycles. The smallest absolute Gasteiger partial charge is 0.408 e. The van der Waals surface area contributed by atoms with Crippen LogP contribution in [0.5, 0.6) is 0 Å². The van der Waals surface area contributed by atoms with E-state index < -0.39 is 47.5 Å². The highest BCUT2D eigenvalue weighted by atomic mass is 19.3. The zero-order chi connectivity index (χ0) is 23.4. The number of fused-ring (bicyclic) bond motifs is 1. The summed E-state index contributed by atoms with van der Waals surface area (Å²) in [5.41, 5.74) is -0.845. The van der Waals surface area contributed by atoms with Crippen molar-refractivity contribution in [2.75, 3.05) is 13.7 Å². The number of ether oxygens (including phenoxy) is 2. The van der Waals surface area contributed by atoms with Gasteiger partial charge in [0.15, 0.2) is 0 Å². The van der Waals surface area contributed by atoms with Gasteiger partial charge in [0, 0.05) is 25.3 Å². The van der Waals surface area contributed by atoms with E-state index in [1.807, 2.05) is 0 Å². The fraction of sp³-hybridized carbons (Fsp3) is 0.864. The zero-order valence-electron chi connectivity index (χ0n) is 19.2. The SMILES string of the molecule is COC(=O)[C@@H]1[C@@H]2[C@H](CN1C(=O)[C@@H](NC(=O)OC(C)(C)C)C1CCC(F)(F)CC1)C2(C)C. The summed E-state index contributed by atoms with van der Waals surface area (Å²) in [7, 11) is 1.29. The van der Waals surface area contributed by atoms with E-state index in [2.05, 4.69) is 19.2 Å². The van der Waals surface area contributed by atoms with Gasteiger partial charge in [-0.2, -0.15) is 0 Å². The number of nitrogens with one attached hydrogen (secondary N) is 1. The van der Waals surface area contributed by atoms with Crippen molar-refractivity contribution in [3.63, 3.8) is 0 Å². The van der Waals surface area contributed by atoms with Crippen LogP contribution < -0.4 is 5.32 Å². The van der Waals surface area contributed by atoms with Crippen molar-refractivity contribution in [1.82, 2.24) is 10.2 Å². The quantitative estimate of drug-likeness (QED) is 0.672. The Morgan fingerprint density at radius 2 is 1.71 bits per heavy atom. The van der Waals surface area contributed by atoms with E-state index in [4.69, 9.17) is 9.47 Å². The van der Waals surface area contributed by atoms with Gasteiger partial charge in [0.25, 0.3) is 0 Å². The zero-order valence-corrected chi connectivity index (χ0v) is 19.2. The normalized spacial score (nSPS) is 30.2. The van der Waals surface area contributed by atoms with Crippen LogP contribution in [0.2, 0.25) is 0 Å². The number of halogens is 2. The number of methoxy groups -OCH3 is 1. The average molecular weight is 445 g/mol. The van der Waals surface area contributed by atoms with Crippen LogP contribution in [0.3, 0.4) is 0 Å². The fourth-order valence-electron chi connectivity index (χ4n) is 5.29. The van der Waals surface area contributed by atoms with Gasteiger partial charge in [-0.25, -0.2) is 18.4 Å². The number of piperidine rings is 1. The second kappa shape index (κ2) is 7.89. The van der Waals surface area contributed by atoms with Crippen LogP contribution in [0.1, 0.15) is 60.3 Å². The summed E-state index contributed by atoms with van der Waals surface area (Å²) >= 11 is 0. The largest absolute Gasteiger partial charge is 0.467 e. The van der Waals surface area contributed by atoms with Crippen molar-refractivity contribution in [2.24, 2.45) is 23.2 Å². The van der Waals surface area contributed by atoms with Gasteiger partial charge >= 0.3 is 12.1 Å². The van der Waals surface area contributed by atoms with Crippen LogP contribution in [-0.2, 0) is 19.1 Å². The number of hydrogen-bond acceptors (Lipinski definition) is 5. The van der Waals surface area contributed by atoms with Gasteiger partial charge in [0.05, 0.1) is 7.11 Å². The Morgan fingerprint density at radius 3 is 2.23 bits per heavy atom. The minimum absolute atomic E-state index is 0.0123. The van der Waals surface area contributed by atoms with Gasteiger partial charge in [-0.05, 0) is 50.9 Å². The van der Waals surface area contributed by atoms with Gasteiger partial charge in [0.1, 0.15) is 17.7 Å². The molecule has 0 aromatic rings. The molecule has 2 aliphatic carbocycles. The molecule has 3 rings (SSSR count). The fourth-order valence-corrected chi connectivity index (χ4v) is 5.29. The van der Waals surface area contributed by atoms with E-state index in [1.165, 1.54) is 12.0 Å². The van der Waals surface area contributed by atoms with Crippen LogP contribution in [-0.4, -0.2) is 60.1 Å². The maximum Gasteiger partial charge on any atom is 0.408 e. The lowest BCUT2D eigenvalue weighted by Gasteiger charge is -2.37. The topological polar surface area (TPSA) is 84.9 Å². The predicted molar refractivity (Wildman–Crippen MR) is 108 cm³/mol. The molecule has 7 nitrogen and oxygen atoms in total. The molecule has 0 unspecified atom stereocenters. The first-order valence-corrected chi connectivity index (χ1v) is 10.9. The number of rotatable bonds is 4. The molecule has 4 atom stereocenters. The minimum Gasteiger partial charge on any atom is -0.467 e. The summed E-state index contributed by atoms with van der Waals surface area (Å²) in [4.78, 5) is 40.0. The number of alkyl carbamates (subject to hydrolysis) is 1. The van der Waals surface area contributed by atoms with Crippen LogP contribution in [0, 0.1) is 23.2 Å². The first kappa shape index (κ1) is 23.7. The predicted octanol–water partition coefficient (Wildman–Crippen LogP) is 3.36. The maximum absolute atomic E-state index is 13.7. The molecule has 31 heavy (non-hydrogen) atoms. The van der Waals surface area contributed by atoms with Crippen molar-refractivity contribution >= 4 is 18.0 Å². The molecule has 2 amide bonds. The molecule has 0 aromatic heterocycles. The van der Waals surface area contributed by atoms with E-state index in [0.29, 0.717) is 6.54 Å². The van der Waals surface area contributed by atoms with E-state index in [-0.39, 0.29) is 42.9 Å². The van der Waals surface area contributed by atoms with E-state index >= 15 is 0 Å². The molecule has 176 valence electrons. The van der Waals surface area contributed by atoms with Crippen molar-refractivity contribution in [3.8, 4) is 0 Å². The molecule has 1 heterocycles. The highest BCUT2D eigenvalue weighted by molar-refractivity contribution is 5.91. The molecule has 1 N–H and O–H groups in total. The average Bonchev–Trinajstić information content (AvgIpc) is 3.00. The van der Waals surface area contributed by atoms with E-state index in [1.54, 1.807) is 20.8 Å². The second-order valence-electron chi connectivity index (χ2n) is 10.7. The van der Waals surface area contributed by atoms with Crippen molar-refractivity contribution in [2.45, 2.75) is 83.9 Å². The molecule has 0 radical (unpaired) electrons. The molecule has 0 spiro atoms. The summed E-state index contributed by atoms with van der Waals surface area (Å²) in [6, 6.07) is -1.76. The summed E-state index contributed by atoms with van der Waals surface area (Å²) in [5.74, 6) is -3.98. The molecule has 0 aromatic carbocycles. The van der Waals surface area contributed by atoms with Gasteiger partial charge in [0.2, 0.25) is 11.8 Å². The monoisotopic (exact) mass is 444 g/mol. The Bertz CT molecular complexity index is 739. The second-order valence-corrected chi connectivity index (χ2v) is 10.7. The van der Waals surface area contributed by atoms with Gasteiger partial charge < -0.3 is 19.7 Å². The van der Waals surface area contributed by atoms with Crippen molar-refractivity contribution in [3.05, 3.63) is 0 Å². The standard InChI is InChI=1S/C22H34F2N2O5/c1-20(2,3)31-19(29)25-15(12-7-9-22(23,24)10-8-12)17(27)26-11-13-14(21(13,4)5)16(26)18(28)30-6/h12-16H,7-11H2,1-6H3,(H,25,29)/t13-,14-,15-,16-/m0/s1. The summed E-state index contributed by atoms with van der Waals surface area (Å²) in [6.07, 6.45) is -1.24. The Hall–Kier alpha value is -1.93. The first-order chi connectivity index (χ1) is 14.2. The number of alkyl halides is 2. The lowest BCUT2D eigenvalue weighted by Crippen LogP contribution is -2.57. The number of hydrogen-bond donors (Lipinski definition) is 1. The van der Waals surface area contributed by atoms with Gasteiger partial charge in [-0.15, -0.1) is 0 Å². The van der Waals surface area contributed by atoms with Crippen LogP contribution in [0.25, 0.3) is 0 Å². The van der Waals surface area contributed by atoms with Crippen molar-refractivity contribution < 1.29 is 32.6 Å². The highest BCUT2D eigenvalue weighted by Gasteiger charge is 2.70. The highest BCUT2D eigenvalue weighted by Crippen LogP contribution is 2.65. The molecule has 3 fully saturated rings. The molecular formula is C22H34F2N2O5. The Balaban J connectivity index is 1.81. The summed E-state index contributed by atoms with van der Waals surface area (Å²) in [5, 5.41) is 2.63. The Labute approximate surface area is 182 Å². The molecule has 9 heteroatoms. The number of carbonyl (C=O) groups is 3. The number of amides is 2. The Morgan fingerprint density at radius 1 is 1.13 bits per heavy atom. The minimum atomic E-state index is -2.76. The molecule has 0 bridgehead atoms. The molecule has 2 saturated carbocycles. The number of esters is 1. The third-order valence-corrected chi connectivity index (χ3v) is 7.11. The lowest BCUT2D eigenvalue weighted by molar-refractivity contribution is -0.154. The number of carbonyl (C=O) groups excluding carboxylic acids is 3. The van der Waals surface area contributed by atoms with Crippen LogP contribution >= 0.6 is 0 Å². The summed E-state index contributed by atoms with van der Waals surface area (Å²) in [6.45, 7) is 9.60. The number of likely N-dealkylation sites (tertiary alicyclic amines) is 1.